The van der Waals surface area contributed by atoms with E-state index in [-0.39, 0.29) is 6.04 Å². The second-order valence-electron chi connectivity index (χ2n) is 5.12. The second-order valence-corrected chi connectivity index (χ2v) is 5.12. The van der Waals surface area contributed by atoms with Gasteiger partial charge in [0.1, 0.15) is 5.60 Å². The molecule has 2 unspecified atom stereocenters. The predicted octanol–water partition coefficient (Wildman–Crippen LogP) is 2.34. The topological polar surface area (TPSA) is 32.3 Å². The summed E-state index contributed by atoms with van der Waals surface area (Å²) in [6, 6.07) is 8.53. The third-order valence-electron chi connectivity index (χ3n) is 3.96. The van der Waals surface area contributed by atoms with Gasteiger partial charge in [-0.15, -0.1) is 0 Å². The van der Waals surface area contributed by atoms with Crippen molar-refractivity contribution in [1.82, 2.24) is 5.32 Å². The van der Waals surface area contributed by atoms with Gasteiger partial charge in [0.25, 0.3) is 0 Å². The van der Waals surface area contributed by atoms with Gasteiger partial charge in [0.05, 0.1) is 6.04 Å². The van der Waals surface area contributed by atoms with Crippen LogP contribution in [0.2, 0.25) is 0 Å². The van der Waals surface area contributed by atoms with E-state index in [0.29, 0.717) is 0 Å². The molecule has 0 saturated carbocycles. The average molecular weight is 229 g/mol. The quantitative estimate of drug-likeness (QED) is 0.724. The molecule has 2 nitrogen and oxygen atoms in total. The molecular weight excluding hydrogens is 210 g/mol. The molecule has 2 N–H and O–H groups in total. The first kappa shape index (κ1) is 11.0. The van der Waals surface area contributed by atoms with Gasteiger partial charge in [-0.2, -0.15) is 0 Å². The summed E-state index contributed by atoms with van der Waals surface area (Å²) in [4.78, 5) is 0. The number of hydrogen-bond donors (Lipinski definition) is 2. The third-order valence-corrected chi connectivity index (χ3v) is 3.96. The van der Waals surface area contributed by atoms with Crippen molar-refractivity contribution in [3.05, 3.63) is 47.5 Å². The van der Waals surface area contributed by atoms with Crippen LogP contribution in [0.25, 0.3) is 0 Å². The molecule has 1 aliphatic heterocycles. The normalized spacial score (nSPS) is 32.2. The summed E-state index contributed by atoms with van der Waals surface area (Å²) in [5.41, 5.74) is 1.95. The Bertz CT molecular complexity index is 440. The molecule has 1 aliphatic carbocycles. The largest absolute Gasteiger partial charge is 0.384 e. The van der Waals surface area contributed by atoms with Gasteiger partial charge in [0.15, 0.2) is 0 Å². The lowest BCUT2D eigenvalue weighted by molar-refractivity contribution is 0.0310. The fourth-order valence-corrected chi connectivity index (χ4v) is 3.07. The molecule has 2 heteroatoms. The summed E-state index contributed by atoms with van der Waals surface area (Å²) in [7, 11) is 0. The maximum absolute atomic E-state index is 10.8. The molecule has 90 valence electrons. The van der Waals surface area contributed by atoms with Crippen molar-refractivity contribution in [2.75, 3.05) is 6.54 Å². The van der Waals surface area contributed by atoms with Gasteiger partial charge in [0.2, 0.25) is 0 Å². The molecule has 1 aromatic rings. The van der Waals surface area contributed by atoms with Crippen molar-refractivity contribution < 1.29 is 5.11 Å². The van der Waals surface area contributed by atoms with Crippen LogP contribution >= 0.6 is 0 Å². The minimum Gasteiger partial charge on any atom is -0.384 e. The van der Waals surface area contributed by atoms with E-state index in [2.05, 4.69) is 35.7 Å². The van der Waals surface area contributed by atoms with Crippen LogP contribution in [-0.2, 0) is 6.42 Å². The molecule has 0 radical (unpaired) electrons. The SMILES string of the molecule is OC1(C2NCCc3ccccc32)C=CCCC1. The van der Waals surface area contributed by atoms with Gasteiger partial charge in [-0.05, 0) is 43.4 Å². The van der Waals surface area contributed by atoms with Gasteiger partial charge in [0, 0.05) is 0 Å². The fourth-order valence-electron chi connectivity index (χ4n) is 3.07. The maximum atomic E-state index is 10.8. The number of allylic oxidation sites excluding steroid dienone is 1. The Labute approximate surface area is 102 Å². The van der Waals surface area contributed by atoms with Crippen molar-refractivity contribution in [2.45, 2.75) is 37.3 Å². The van der Waals surface area contributed by atoms with E-state index in [9.17, 15) is 5.11 Å². The summed E-state index contributed by atoms with van der Waals surface area (Å²) >= 11 is 0. The van der Waals surface area contributed by atoms with E-state index >= 15 is 0 Å². The Morgan fingerprint density at radius 3 is 3.00 bits per heavy atom. The Hall–Kier alpha value is -1.12. The number of benzene rings is 1. The first-order valence-electron chi connectivity index (χ1n) is 6.51. The first-order valence-corrected chi connectivity index (χ1v) is 6.51. The van der Waals surface area contributed by atoms with Crippen LogP contribution in [0.1, 0.15) is 36.4 Å². The molecular formula is C15H19NO. The molecule has 2 atom stereocenters. The van der Waals surface area contributed by atoms with Gasteiger partial charge in [-0.1, -0.05) is 36.4 Å². The van der Waals surface area contributed by atoms with Crippen LogP contribution in [0.15, 0.2) is 36.4 Å². The lowest BCUT2D eigenvalue weighted by Gasteiger charge is -2.40. The molecule has 1 heterocycles. The average Bonchev–Trinajstić information content (AvgIpc) is 2.39. The molecule has 3 rings (SSSR count). The van der Waals surface area contributed by atoms with Crippen molar-refractivity contribution >= 4 is 0 Å². The van der Waals surface area contributed by atoms with Crippen LogP contribution in [0.5, 0.6) is 0 Å². The highest BCUT2D eigenvalue weighted by Gasteiger charge is 2.38. The summed E-state index contributed by atoms with van der Waals surface area (Å²) < 4.78 is 0. The van der Waals surface area contributed by atoms with E-state index < -0.39 is 5.60 Å². The number of aliphatic hydroxyl groups is 1. The maximum Gasteiger partial charge on any atom is 0.102 e. The lowest BCUT2D eigenvalue weighted by Crippen LogP contribution is -2.46. The molecule has 0 bridgehead atoms. The zero-order chi connectivity index (χ0) is 11.7. The van der Waals surface area contributed by atoms with E-state index in [4.69, 9.17) is 0 Å². The Balaban J connectivity index is 1.99. The number of nitrogens with one attached hydrogen (secondary N) is 1. The van der Waals surface area contributed by atoms with Crippen LogP contribution < -0.4 is 5.32 Å². The van der Waals surface area contributed by atoms with E-state index in [1.54, 1.807) is 0 Å². The van der Waals surface area contributed by atoms with Crippen molar-refractivity contribution in [1.29, 1.82) is 0 Å². The molecule has 0 saturated heterocycles. The summed E-state index contributed by atoms with van der Waals surface area (Å²) in [6.45, 7) is 0.956. The highest BCUT2D eigenvalue weighted by molar-refractivity contribution is 5.36. The monoisotopic (exact) mass is 229 g/mol. The van der Waals surface area contributed by atoms with Crippen molar-refractivity contribution in [3.63, 3.8) is 0 Å². The smallest absolute Gasteiger partial charge is 0.102 e. The standard InChI is InChI=1S/C15H19NO/c17-15(9-4-1-5-10-15)14-13-7-3-2-6-12(13)8-11-16-14/h2-4,6-7,9,14,16-17H,1,5,8,10-11H2. The molecule has 0 spiro atoms. The fraction of sp³-hybridized carbons (Fsp3) is 0.467. The Morgan fingerprint density at radius 1 is 1.29 bits per heavy atom. The van der Waals surface area contributed by atoms with E-state index in [1.807, 2.05) is 6.08 Å². The molecule has 2 aliphatic rings. The predicted molar refractivity (Wildman–Crippen MR) is 68.8 cm³/mol. The number of rotatable bonds is 1. The van der Waals surface area contributed by atoms with Crippen LogP contribution in [0.3, 0.4) is 0 Å². The summed E-state index contributed by atoms with van der Waals surface area (Å²) in [5, 5.41) is 14.3. The van der Waals surface area contributed by atoms with Crippen LogP contribution in [-0.4, -0.2) is 17.3 Å². The lowest BCUT2D eigenvalue weighted by atomic mass is 9.78. The van der Waals surface area contributed by atoms with Crippen molar-refractivity contribution in [2.24, 2.45) is 0 Å². The summed E-state index contributed by atoms with van der Waals surface area (Å²) in [5.74, 6) is 0. The van der Waals surface area contributed by atoms with Gasteiger partial charge in [-0.3, -0.25) is 0 Å². The van der Waals surface area contributed by atoms with Gasteiger partial charge < -0.3 is 10.4 Å². The van der Waals surface area contributed by atoms with E-state index in [0.717, 1.165) is 32.2 Å². The number of hydrogen-bond acceptors (Lipinski definition) is 2. The minimum atomic E-state index is -0.700. The highest BCUT2D eigenvalue weighted by atomic mass is 16.3. The Kier molecular flexibility index (Phi) is 2.77. The minimum absolute atomic E-state index is 0.0593. The molecule has 17 heavy (non-hydrogen) atoms. The third kappa shape index (κ3) is 1.92. The zero-order valence-electron chi connectivity index (χ0n) is 10.0. The highest BCUT2D eigenvalue weighted by Crippen LogP contribution is 2.37. The van der Waals surface area contributed by atoms with Crippen LogP contribution in [0, 0.1) is 0 Å². The molecule has 0 fully saturated rings. The van der Waals surface area contributed by atoms with Gasteiger partial charge in [-0.25, -0.2) is 0 Å². The van der Waals surface area contributed by atoms with E-state index in [1.165, 1.54) is 11.1 Å². The first-order chi connectivity index (χ1) is 8.30. The van der Waals surface area contributed by atoms with Crippen molar-refractivity contribution in [3.8, 4) is 0 Å². The molecule has 0 aromatic heterocycles. The molecule has 1 aromatic carbocycles. The second kappa shape index (κ2) is 4.28. The van der Waals surface area contributed by atoms with Gasteiger partial charge >= 0.3 is 0 Å². The zero-order valence-corrected chi connectivity index (χ0v) is 10.0. The number of fused-ring (bicyclic) bond motifs is 1. The Morgan fingerprint density at radius 2 is 2.18 bits per heavy atom. The van der Waals surface area contributed by atoms with Crippen LogP contribution in [0.4, 0.5) is 0 Å². The molecule has 0 amide bonds. The summed E-state index contributed by atoms with van der Waals surface area (Å²) in [6.07, 6.45) is 8.20.